The van der Waals surface area contributed by atoms with Gasteiger partial charge in [-0.2, -0.15) is 9.78 Å². The number of carbonyl (C=O) groups excluding carboxylic acids is 2. The zero-order chi connectivity index (χ0) is 30.3. The Labute approximate surface area is 255 Å². The quantitative estimate of drug-likeness (QED) is 0.0398. The van der Waals surface area contributed by atoms with Crippen molar-refractivity contribution in [2.75, 3.05) is 0 Å². The molecule has 0 aliphatic heterocycles. The van der Waals surface area contributed by atoms with Crippen LogP contribution in [0.1, 0.15) is 170 Å². The van der Waals surface area contributed by atoms with Crippen LogP contribution in [0.15, 0.2) is 0 Å². The second kappa shape index (κ2) is 23.9. The van der Waals surface area contributed by atoms with E-state index in [1.807, 2.05) is 27.7 Å². The number of carbonyl (C=O) groups is 2. The van der Waals surface area contributed by atoms with Gasteiger partial charge in [-0.1, -0.05) is 117 Å². The predicted molar refractivity (Wildman–Crippen MR) is 165 cm³/mol. The van der Waals surface area contributed by atoms with E-state index in [2.05, 4.69) is 13.8 Å². The van der Waals surface area contributed by atoms with E-state index < -0.39 is 33.9 Å². The fraction of sp³-hybridized carbons (Fsp3) is 0.938. The molecule has 0 spiro atoms. The molecule has 2 unspecified atom stereocenters. The summed E-state index contributed by atoms with van der Waals surface area (Å²) in [5, 5.41) is -1.44. The molecule has 0 aromatic rings. The van der Waals surface area contributed by atoms with Crippen LogP contribution in [-0.4, -0.2) is 33.9 Å². The maximum absolute atomic E-state index is 12.3. The third-order valence-corrected chi connectivity index (χ3v) is 7.95. The second-order valence-electron chi connectivity index (χ2n) is 12.5. The Morgan fingerprint density at radius 2 is 0.800 bits per heavy atom. The highest BCUT2D eigenvalue weighted by Gasteiger charge is 2.31. The van der Waals surface area contributed by atoms with Gasteiger partial charge in [-0.3, -0.25) is 9.78 Å². The van der Waals surface area contributed by atoms with Crippen molar-refractivity contribution in [3.63, 3.8) is 0 Å². The normalized spacial score (nSPS) is 13.7. The van der Waals surface area contributed by atoms with Crippen LogP contribution in [0, 0.1) is 0 Å². The molecule has 2 atom stereocenters. The molecule has 0 N–H and O–H groups in total. The molecular formula is C32H60Cl2O6. The summed E-state index contributed by atoms with van der Waals surface area (Å²) in [6.45, 7) is 11.7. The maximum Gasteiger partial charge on any atom is 0.360 e. The second-order valence-corrected chi connectivity index (χ2v) is 13.5. The van der Waals surface area contributed by atoms with Crippen LogP contribution < -0.4 is 0 Å². The summed E-state index contributed by atoms with van der Waals surface area (Å²) in [7, 11) is 0. The van der Waals surface area contributed by atoms with Crippen LogP contribution in [-0.2, 0) is 29.1 Å². The van der Waals surface area contributed by atoms with Crippen molar-refractivity contribution in [1.29, 1.82) is 0 Å². The van der Waals surface area contributed by atoms with Gasteiger partial charge in [0.1, 0.15) is 22.0 Å². The fourth-order valence-corrected chi connectivity index (χ4v) is 4.63. The topological polar surface area (TPSA) is 71.1 Å². The van der Waals surface area contributed by atoms with Gasteiger partial charge in [0.15, 0.2) is 0 Å². The number of hydrogen-bond donors (Lipinski definition) is 0. The Balaban J connectivity index is 4.10. The fourth-order valence-electron chi connectivity index (χ4n) is 4.25. The minimum atomic E-state index is -0.763. The number of halogens is 2. The summed E-state index contributed by atoms with van der Waals surface area (Å²) in [4.78, 5) is 45.5. The van der Waals surface area contributed by atoms with Gasteiger partial charge in [0.05, 0.1) is 0 Å². The summed E-state index contributed by atoms with van der Waals surface area (Å²) in [5.41, 5.74) is -1.53. The van der Waals surface area contributed by atoms with Gasteiger partial charge >= 0.3 is 11.9 Å². The Morgan fingerprint density at radius 3 is 1.10 bits per heavy atom. The van der Waals surface area contributed by atoms with E-state index in [0.29, 0.717) is 25.7 Å². The van der Waals surface area contributed by atoms with E-state index in [1.54, 1.807) is 0 Å². The smallest absolute Gasteiger partial charge is 0.296 e. The van der Waals surface area contributed by atoms with E-state index in [-0.39, 0.29) is 0 Å². The Kier molecular flexibility index (Phi) is 23.6. The molecule has 0 saturated carbocycles. The molecular weight excluding hydrogens is 551 g/mol. The van der Waals surface area contributed by atoms with E-state index in [1.165, 1.54) is 77.0 Å². The van der Waals surface area contributed by atoms with E-state index in [9.17, 15) is 9.59 Å². The van der Waals surface area contributed by atoms with E-state index in [4.69, 9.17) is 42.8 Å². The molecule has 0 aliphatic carbocycles. The third kappa shape index (κ3) is 23.1. The number of rotatable bonds is 27. The van der Waals surface area contributed by atoms with Crippen LogP contribution in [0.4, 0.5) is 0 Å². The van der Waals surface area contributed by atoms with E-state index >= 15 is 0 Å². The maximum atomic E-state index is 12.3. The van der Waals surface area contributed by atoms with Gasteiger partial charge in [-0.25, -0.2) is 9.59 Å². The highest BCUT2D eigenvalue weighted by atomic mass is 35.5. The van der Waals surface area contributed by atoms with Crippen molar-refractivity contribution in [3.8, 4) is 0 Å². The van der Waals surface area contributed by atoms with Gasteiger partial charge < -0.3 is 0 Å². The van der Waals surface area contributed by atoms with Crippen molar-refractivity contribution in [2.24, 2.45) is 0 Å². The number of hydrogen-bond acceptors (Lipinski definition) is 6. The average Bonchev–Trinajstić information content (AvgIpc) is 2.92. The molecule has 40 heavy (non-hydrogen) atoms. The molecule has 0 bridgehead atoms. The minimum absolute atomic E-state index is 0.498. The Morgan fingerprint density at radius 1 is 0.525 bits per heavy atom. The molecule has 0 fully saturated rings. The van der Waals surface area contributed by atoms with Crippen molar-refractivity contribution in [2.45, 2.75) is 192 Å². The lowest BCUT2D eigenvalue weighted by Gasteiger charge is -2.29. The first-order chi connectivity index (χ1) is 18.9. The summed E-state index contributed by atoms with van der Waals surface area (Å²) < 4.78 is 0. The van der Waals surface area contributed by atoms with Gasteiger partial charge in [0.25, 0.3) is 0 Å². The van der Waals surface area contributed by atoms with Crippen LogP contribution in [0.5, 0.6) is 0 Å². The van der Waals surface area contributed by atoms with Gasteiger partial charge in [0.2, 0.25) is 0 Å². The molecule has 0 amide bonds. The van der Waals surface area contributed by atoms with Crippen molar-refractivity contribution in [1.82, 2.24) is 0 Å². The van der Waals surface area contributed by atoms with Crippen LogP contribution in [0.25, 0.3) is 0 Å². The lowest BCUT2D eigenvalue weighted by atomic mass is 9.94. The molecule has 0 radical (unpaired) electrons. The van der Waals surface area contributed by atoms with Crippen molar-refractivity contribution < 1.29 is 29.1 Å². The molecule has 6 nitrogen and oxygen atoms in total. The van der Waals surface area contributed by atoms with Crippen molar-refractivity contribution >= 4 is 35.1 Å². The lowest BCUT2D eigenvalue weighted by Crippen LogP contribution is -2.34. The zero-order valence-electron chi connectivity index (χ0n) is 26.5. The molecule has 0 heterocycles. The van der Waals surface area contributed by atoms with Crippen molar-refractivity contribution in [3.05, 3.63) is 0 Å². The Hall–Kier alpha value is -0.560. The standard InChI is InChI=1S/C32H60Cl2O6/c1-7-9-11-13-15-17-19-21-23-27(33)29(35)37-39-31(3,4)25-26-32(5,6)40-38-30(36)28(34)24-22-20-18-16-14-12-10-8-2/h27-28H,7-26H2,1-6H3. The first-order valence-corrected chi connectivity index (χ1v) is 16.9. The summed E-state index contributed by atoms with van der Waals surface area (Å²) in [5.74, 6) is -1.13. The average molecular weight is 612 g/mol. The molecule has 0 rings (SSSR count). The van der Waals surface area contributed by atoms with Crippen LogP contribution in [0.3, 0.4) is 0 Å². The molecule has 0 aromatic heterocycles. The lowest BCUT2D eigenvalue weighted by molar-refractivity contribution is -0.340. The molecule has 0 aliphatic rings. The zero-order valence-corrected chi connectivity index (χ0v) is 28.0. The monoisotopic (exact) mass is 610 g/mol. The van der Waals surface area contributed by atoms with Gasteiger partial charge in [-0.05, 0) is 53.4 Å². The number of alkyl halides is 2. The number of unbranched alkanes of at least 4 members (excludes halogenated alkanes) is 14. The van der Waals surface area contributed by atoms with Gasteiger partial charge in [-0.15, -0.1) is 23.2 Å². The van der Waals surface area contributed by atoms with Crippen LogP contribution >= 0.6 is 23.2 Å². The molecule has 0 saturated heterocycles. The highest BCUT2D eigenvalue weighted by molar-refractivity contribution is 6.30. The molecule has 238 valence electrons. The largest absolute Gasteiger partial charge is 0.360 e. The summed E-state index contributed by atoms with van der Waals surface area (Å²) in [6, 6.07) is 0. The van der Waals surface area contributed by atoms with Gasteiger partial charge in [0, 0.05) is 0 Å². The Bertz CT molecular complexity index is 587. The minimum Gasteiger partial charge on any atom is -0.296 e. The van der Waals surface area contributed by atoms with E-state index in [0.717, 1.165) is 25.7 Å². The first-order valence-electron chi connectivity index (χ1n) is 16.0. The van der Waals surface area contributed by atoms with Crippen LogP contribution in [0.2, 0.25) is 0 Å². The SMILES string of the molecule is CCCCCCCCCCC(Cl)C(=O)OOC(C)(C)CCC(C)(C)OOC(=O)C(Cl)CCCCCCCCCC. The first kappa shape index (κ1) is 39.4. The highest BCUT2D eigenvalue weighted by Crippen LogP contribution is 2.26. The molecule has 0 aromatic carbocycles. The molecule has 8 heteroatoms. The predicted octanol–water partition coefficient (Wildman–Crippen LogP) is 10.5. The summed E-state index contributed by atoms with van der Waals surface area (Å²) >= 11 is 12.4. The third-order valence-electron chi connectivity index (χ3n) is 7.16. The summed E-state index contributed by atoms with van der Waals surface area (Å²) in [6.07, 6.45) is 21.2.